The number of rotatable bonds is 5. The maximum Gasteiger partial charge on any atom is 0.261 e. The van der Waals surface area contributed by atoms with Gasteiger partial charge in [0.1, 0.15) is 12.2 Å². The molecule has 0 bridgehead atoms. The van der Waals surface area contributed by atoms with E-state index in [0.29, 0.717) is 16.7 Å². The molecule has 7 heteroatoms. The van der Waals surface area contributed by atoms with Crippen molar-refractivity contribution in [1.29, 1.82) is 0 Å². The van der Waals surface area contributed by atoms with Crippen LogP contribution in [0.15, 0.2) is 23.0 Å². The van der Waals surface area contributed by atoms with Crippen molar-refractivity contribution in [2.75, 3.05) is 13.7 Å². The van der Waals surface area contributed by atoms with Gasteiger partial charge in [0.25, 0.3) is 11.5 Å². The lowest BCUT2D eigenvalue weighted by Crippen LogP contribution is -2.42. The number of ether oxygens (including phenoxy) is 2. The molecule has 0 saturated heterocycles. The lowest BCUT2D eigenvalue weighted by atomic mass is 10.1. The number of fused-ring (bicyclic) bond motifs is 1. The molecule has 2 rings (SSSR count). The molecule has 1 aromatic carbocycles. The van der Waals surface area contributed by atoms with Crippen LogP contribution in [0.4, 0.5) is 0 Å². The van der Waals surface area contributed by atoms with Crippen LogP contribution < -0.4 is 20.3 Å². The average molecular weight is 346 g/mol. The molecular weight excluding hydrogens is 324 g/mol. The fraction of sp³-hybridized carbons (Fsp3) is 0.389. The van der Waals surface area contributed by atoms with Gasteiger partial charge in [0, 0.05) is 10.9 Å². The van der Waals surface area contributed by atoms with E-state index in [4.69, 9.17) is 9.47 Å². The zero-order valence-electron chi connectivity index (χ0n) is 15.0. The number of hydrogen-bond donors (Lipinski definition) is 2. The van der Waals surface area contributed by atoms with Crippen LogP contribution in [0.3, 0.4) is 0 Å². The fourth-order valence-electron chi connectivity index (χ4n) is 2.28. The predicted molar refractivity (Wildman–Crippen MR) is 94.5 cm³/mol. The summed E-state index contributed by atoms with van der Waals surface area (Å²) in [5.41, 5.74) is -0.632. The molecule has 0 saturated carbocycles. The molecule has 1 aromatic heterocycles. The number of amides is 1. The minimum absolute atomic E-state index is 0.00473. The van der Waals surface area contributed by atoms with E-state index in [0.717, 1.165) is 0 Å². The van der Waals surface area contributed by atoms with Crippen LogP contribution >= 0.6 is 0 Å². The Morgan fingerprint density at radius 3 is 2.48 bits per heavy atom. The second kappa shape index (κ2) is 6.96. The van der Waals surface area contributed by atoms with Crippen molar-refractivity contribution in [3.8, 4) is 11.5 Å². The van der Waals surface area contributed by atoms with Gasteiger partial charge in [0.2, 0.25) is 0 Å². The van der Waals surface area contributed by atoms with Gasteiger partial charge >= 0.3 is 0 Å². The van der Waals surface area contributed by atoms with Crippen molar-refractivity contribution in [2.24, 2.45) is 0 Å². The third kappa shape index (κ3) is 4.37. The summed E-state index contributed by atoms with van der Waals surface area (Å²) in [6.07, 6.45) is 0. The minimum atomic E-state index is -0.546. The topological polar surface area (TPSA) is 97.5 Å². The molecule has 0 fully saturated rings. The Kier molecular flexibility index (Phi) is 5.15. The minimum Gasteiger partial charge on any atom is -0.493 e. The second-order valence-electron chi connectivity index (χ2n) is 6.77. The normalized spacial score (nSPS) is 11.2. The Morgan fingerprint density at radius 1 is 1.24 bits per heavy atom. The number of benzene rings is 1. The van der Waals surface area contributed by atoms with E-state index in [1.165, 1.54) is 20.1 Å². The summed E-state index contributed by atoms with van der Waals surface area (Å²) in [5, 5.41) is 3.35. The maximum atomic E-state index is 12.4. The number of aromatic nitrogens is 1. The summed E-state index contributed by atoms with van der Waals surface area (Å²) >= 11 is 0. The fourth-order valence-corrected chi connectivity index (χ4v) is 2.28. The number of aromatic amines is 1. The first-order valence-corrected chi connectivity index (χ1v) is 7.81. The molecule has 0 atom stereocenters. The van der Waals surface area contributed by atoms with Crippen LogP contribution in [0.1, 0.15) is 38.1 Å². The average Bonchev–Trinajstić information content (AvgIpc) is 2.49. The van der Waals surface area contributed by atoms with Crippen LogP contribution in [0.2, 0.25) is 0 Å². The largest absolute Gasteiger partial charge is 0.493 e. The highest BCUT2D eigenvalue weighted by Crippen LogP contribution is 2.34. The highest BCUT2D eigenvalue weighted by atomic mass is 16.5. The number of pyridine rings is 1. The summed E-state index contributed by atoms with van der Waals surface area (Å²) in [6.45, 7) is 6.75. The first-order valence-electron chi connectivity index (χ1n) is 7.81. The molecule has 1 amide bonds. The Morgan fingerprint density at radius 2 is 1.92 bits per heavy atom. The number of Topliss-reactive ketones (excluding diaryl/α,β-unsaturated/α-hetero) is 1. The van der Waals surface area contributed by atoms with Crippen molar-refractivity contribution in [1.82, 2.24) is 10.3 Å². The standard InChI is InChI=1S/C18H22N2O5/c1-10(21)9-25-15-13(24-5)7-6-11-8-12(16(22)19-14(11)15)17(23)20-18(2,3)4/h6-8H,9H2,1-5H3,(H,19,22)(H,20,23). The van der Waals surface area contributed by atoms with E-state index >= 15 is 0 Å². The zero-order valence-corrected chi connectivity index (χ0v) is 15.0. The zero-order chi connectivity index (χ0) is 18.8. The Bertz CT molecular complexity index is 877. The molecule has 2 N–H and O–H groups in total. The lowest BCUT2D eigenvalue weighted by Gasteiger charge is -2.20. The summed E-state index contributed by atoms with van der Waals surface area (Å²) in [6, 6.07) is 4.86. The molecule has 1 heterocycles. The first-order chi connectivity index (χ1) is 11.6. The number of carbonyl (C=O) groups is 2. The van der Waals surface area contributed by atoms with E-state index in [1.807, 2.05) is 20.8 Å². The molecule has 0 aliphatic heterocycles. The SMILES string of the molecule is COc1ccc2cc(C(=O)NC(C)(C)C)c(=O)[nH]c2c1OCC(C)=O. The van der Waals surface area contributed by atoms with Crippen molar-refractivity contribution in [3.63, 3.8) is 0 Å². The van der Waals surface area contributed by atoms with Crippen molar-refractivity contribution in [3.05, 3.63) is 34.1 Å². The van der Waals surface area contributed by atoms with Gasteiger partial charge in [-0.3, -0.25) is 14.4 Å². The maximum absolute atomic E-state index is 12.4. The predicted octanol–water partition coefficient (Wildman–Crippen LogP) is 2.03. The number of methoxy groups -OCH3 is 1. The number of nitrogens with one attached hydrogen (secondary N) is 2. The molecule has 0 aliphatic rings. The molecule has 7 nitrogen and oxygen atoms in total. The summed E-state index contributed by atoms with van der Waals surface area (Å²) in [4.78, 5) is 38.6. The molecule has 0 spiro atoms. The van der Waals surface area contributed by atoms with Gasteiger partial charge in [0.15, 0.2) is 17.3 Å². The van der Waals surface area contributed by atoms with Crippen molar-refractivity contribution < 1.29 is 19.1 Å². The van der Waals surface area contributed by atoms with Gasteiger partial charge < -0.3 is 19.8 Å². The third-order valence-corrected chi connectivity index (χ3v) is 3.31. The smallest absolute Gasteiger partial charge is 0.261 e. The summed E-state index contributed by atoms with van der Waals surface area (Å²) in [5.74, 6) is 0.0200. The van der Waals surface area contributed by atoms with Gasteiger partial charge in [0.05, 0.1) is 12.6 Å². The highest BCUT2D eigenvalue weighted by molar-refractivity contribution is 5.99. The molecule has 134 valence electrons. The van der Waals surface area contributed by atoms with Gasteiger partial charge in [-0.1, -0.05) is 0 Å². The monoisotopic (exact) mass is 346 g/mol. The lowest BCUT2D eigenvalue weighted by molar-refractivity contribution is -0.118. The second-order valence-corrected chi connectivity index (χ2v) is 6.77. The first kappa shape index (κ1) is 18.5. The molecular formula is C18H22N2O5. The third-order valence-electron chi connectivity index (χ3n) is 3.31. The van der Waals surface area contributed by atoms with E-state index in [2.05, 4.69) is 10.3 Å². The molecule has 25 heavy (non-hydrogen) atoms. The van der Waals surface area contributed by atoms with Crippen LogP contribution in [0.25, 0.3) is 10.9 Å². The molecule has 0 unspecified atom stereocenters. The quantitative estimate of drug-likeness (QED) is 0.863. The Labute approximate surface area is 145 Å². The van der Waals surface area contributed by atoms with Gasteiger partial charge in [-0.05, 0) is 45.9 Å². The van der Waals surface area contributed by atoms with E-state index in [9.17, 15) is 14.4 Å². The van der Waals surface area contributed by atoms with Gasteiger partial charge in [-0.15, -0.1) is 0 Å². The molecule has 2 aromatic rings. The number of ketones is 1. The van der Waals surface area contributed by atoms with E-state index in [1.54, 1.807) is 12.1 Å². The van der Waals surface area contributed by atoms with E-state index < -0.39 is 17.0 Å². The number of hydrogen-bond acceptors (Lipinski definition) is 5. The van der Waals surface area contributed by atoms with Crippen molar-refractivity contribution >= 4 is 22.6 Å². The molecule has 0 radical (unpaired) electrons. The molecule has 0 aliphatic carbocycles. The summed E-state index contributed by atoms with van der Waals surface area (Å²) < 4.78 is 10.7. The Balaban J connectivity index is 2.56. The number of H-pyrrole nitrogens is 1. The number of carbonyl (C=O) groups excluding carboxylic acids is 2. The van der Waals surface area contributed by atoms with Gasteiger partial charge in [-0.25, -0.2) is 0 Å². The van der Waals surface area contributed by atoms with Crippen LogP contribution in [0.5, 0.6) is 11.5 Å². The Hall–Kier alpha value is -2.83. The summed E-state index contributed by atoms with van der Waals surface area (Å²) in [7, 11) is 1.46. The van der Waals surface area contributed by atoms with E-state index in [-0.39, 0.29) is 23.7 Å². The van der Waals surface area contributed by atoms with Crippen molar-refractivity contribution in [2.45, 2.75) is 33.2 Å². The highest BCUT2D eigenvalue weighted by Gasteiger charge is 2.20. The van der Waals surface area contributed by atoms with Gasteiger partial charge in [-0.2, -0.15) is 0 Å². The van der Waals surface area contributed by atoms with Crippen LogP contribution in [-0.4, -0.2) is 35.9 Å². The van der Waals surface area contributed by atoms with Crippen LogP contribution in [0, 0.1) is 0 Å². The van der Waals surface area contributed by atoms with Crippen LogP contribution in [-0.2, 0) is 4.79 Å².